The predicted octanol–water partition coefficient (Wildman–Crippen LogP) is 3.25. The van der Waals surface area contributed by atoms with Crippen molar-refractivity contribution in [2.24, 2.45) is 0 Å². The summed E-state index contributed by atoms with van der Waals surface area (Å²) in [6.07, 6.45) is 1.58. The first-order valence-electron chi connectivity index (χ1n) is 9.48. The second-order valence-electron chi connectivity index (χ2n) is 6.60. The van der Waals surface area contributed by atoms with Crippen LogP contribution < -0.4 is 4.31 Å². The average Bonchev–Trinajstić information content (AvgIpc) is 2.79. The molecule has 0 saturated carbocycles. The van der Waals surface area contributed by atoms with Gasteiger partial charge in [-0.3, -0.25) is 9.10 Å². The maximum atomic E-state index is 13.3. The average molecular weight is 476 g/mol. The first-order valence-corrected chi connectivity index (χ1v) is 11.3. The SMILES string of the molecule is C=CCN(c1ccccc1Cl)S(=O)(=O)c1cccc(C(=O)OCC(=O)N(C)CCC#N)c1. The van der Waals surface area contributed by atoms with Crippen LogP contribution in [0.4, 0.5) is 5.69 Å². The number of hydrogen-bond acceptors (Lipinski definition) is 6. The molecule has 0 aliphatic carbocycles. The summed E-state index contributed by atoms with van der Waals surface area (Å²) in [7, 11) is -2.60. The molecule has 0 atom stereocenters. The molecule has 0 aromatic heterocycles. The number of rotatable bonds is 10. The molecule has 2 rings (SSSR count). The number of likely N-dealkylation sites (N-methyl/N-ethyl adjacent to an activating group) is 1. The number of benzene rings is 2. The van der Waals surface area contributed by atoms with Gasteiger partial charge >= 0.3 is 5.97 Å². The van der Waals surface area contributed by atoms with Crippen molar-refractivity contribution < 1.29 is 22.7 Å². The number of ether oxygens (including phenoxy) is 1. The number of carbonyl (C=O) groups excluding carboxylic acids is 2. The fraction of sp³-hybridized carbons (Fsp3) is 0.227. The lowest BCUT2D eigenvalue weighted by Gasteiger charge is -2.24. The van der Waals surface area contributed by atoms with Crippen LogP contribution in [0.5, 0.6) is 0 Å². The van der Waals surface area contributed by atoms with E-state index in [-0.39, 0.29) is 40.7 Å². The molecule has 0 N–H and O–H groups in total. The fourth-order valence-corrected chi connectivity index (χ4v) is 4.46. The molecular weight excluding hydrogens is 454 g/mol. The lowest BCUT2D eigenvalue weighted by Crippen LogP contribution is -2.32. The number of anilines is 1. The second kappa shape index (κ2) is 11.3. The maximum Gasteiger partial charge on any atom is 0.338 e. The molecule has 0 saturated heterocycles. The number of para-hydroxylation sites is 1. The van der Waals surface area contributed by atoms with Crippen molar-refractivity contribution in [2.75, 3.05) is 31.0 Å². The quantitative estimate of drug-likeness (QED) is 0.385. The molecule has 2 aromatic carbocycles. The number of nitriles is 1. The number of hydrogen-bond donors (Lipinski definition) is 0. The van der Waals surface area contributed by atoms with Crippen molar-refractivity contribution in [3.05, 3.63) is 71.8 Å². The number of halogens is 1. The Balaban J connectivity index is 2.24. The minimum atomic E-state index is -4.09. The Kier molecular flexibility index (Phi) is 8.81. The zero-order valence-electron chi connectivity index (χ0n) is 17.4. The highest BCUT2D eigenvalue weighted by atomic mass is 35.5. The predicted molar refractivity (Wildman–Crippen MR) is 121 cm³/mol. The van der Waals surface area contributed by atoms with Crippen molar-refractivity contribution in [2.45, 2.75) is 11.3 Å². The van der Waals surface area contributed by atoms with Gasteiger partial charge in [0.25, 0.3) is 15.9 Å². The van der Waals surface area contributed by atoms with E-state index >= 15 is 0 Å². The molecule has 2 aromatic rings. The number of nitrogens with zero attached hydrogens (tertiary/aromatic N) is 3. The van der Waals surface area contributed by atoms with E-state index in [2.05, 4.69) is 6.58 Å². The second-order valence-corrected chi connectivity index (χ2v) is 8.87. The van der Waals surface area contributed by atoms with Crippen molar-refractivity contribution in [3.8, 4) is 6.07 Å². The van der Waals surface area contributed by atoms with Crippen molar-refractivity contribution in [3.63, 3.8) is 0 Å². The van der Waals surface area contributed by atoms with E-state index in [1.165, 1.54) is 42.3 Å². The summed E-state index contributed by atoms with van der Waals surface area (Å²) in [6, 6.07) is 13.7. The molecule has 0 aliphatic heterocycles. The summed E-state index contributed by atoms with van der Waals surface area (Å²) in [5.41, 5.74) is 0.240. The van der Waals surface area contributed by atoms with E-state index in [0.717, 1.165) is 4.31 Å². The van der Waals surface area contributed by atoms with Crippen LogP contribution in [0.15, 0.2) is 66.1 Å². The van der Waals surface area contributed by atoms with Gasteiger partial charge in [0.15, 0.2) is 6.61 Å². The van der Waals surface area contributed by atoms with E-state index in [4.69, 9.17) is 21.6 Å². The van der Waals surface area contributed by atoms with Crippen LogP contribution in [0.1, 0.15) is 16.8 Å². The molecule has 0 fully saturated rings. The van der Waals surface area contributed by atoms with Gasteiger partial charge in [-0.1, -0.05) is 35.9 Å². The normalized spacial score (nSPS) is 10.7. The third-order valence-electron chi connectivity index (χ3n) is 4.39. The molecule has 0 unspecified atom stereocenters. The molecule has 32 heavy (non-hydrogen) atoms. The van der Waals surface area contributed by atoms with Gasteiger partial charge in [-0.25, -0.2) is 13.2 Å². The smallest absolute Gasteiger partial charge is 0.338 e. The van der Waals surface area contributed by atoms with Crippen LogP contribution in [-0.4, -0.2) is 51.9 Å². The van der Waals surface area contributed by atoms with Gasteiger partial charge in [0.05, 0.1) is 40.2 Å². The molecule has 168 valence electrons. The zero-order valence-corrected chi connectivity index (χ0v) is 19.0. The number of sulfonamides is 1. The lowest BCUT2D eigenvalue weighted by molar-refractivity contribution is -0.133. The summed E-state index contributed by atoms with van der Waals surface area (Å²) in [5.74, 6) is -1.33. The number of carbonyl (C=O) groups is 2. The van der Waals surface area contributed by atoms with E-state index in [1.54, 1.807) is 24.3 Å². The van der Waals surface area contributed by atoms with Gasteiger partial charge in [-0.15, -0.1) is 6.58 Å². The monoisotopic (exact) mass is 475 g/mol. The first-order chi connectivity index (χ1) is 15.2. The molecule has 0 aliphatic rings. The van der Waals surface area contributed by atoms with Gasteiger partial charge in [-0.2, -0.15) is 5.26 Å². The van der Waals surface area contributed by atoms with Crippen LogP contribution in [0.25, 0.3) is 0 Å². The van der Waals surface area contributed by atoms with E-state index in [9.17, 15) is 18.0 Å². The minimum Gasteiger partial charge on any atom is -0.452 e. The van der Waals surface area contributed by atoms with Crippen molar-refractivity contribution >= 4 is 39.2 Å². The summed E-state index contributed by atoms with van der Waals surface area (Å²) in [5, 5.41) is 8.82. The lowest BCUT2D eigenvalue weighted by atomic mass is 10.2. The Labute approximate surface area is 192 Å². The molecule has 0 spiro atoms. The largest absolute Gasteiger partial charge is 0.452 e. The third kappa shape index (κ3) is 6.09. The van der Waals surface area contributed by atoms with E-state index < -0.39 is 28.5 Å². The van der Waals surface area contributed by atoms with Crippen LogP contribution in [-0.2, 0) is 19.6 Å². The number of amides is 1. The maximum absolute atomic E-state index is 13.3. The minimum absolute atomic E-state index is 0.0312. The molecule has 8 nitrogen and oxygen atoms in total. The Morgan fingerprint density at radius 1 is 1.22 bits per heavy atom. The zero-order chi connectivity index (χ0) is 23.7. The topological polar surface area (TPSA) is 108 Å². The van der Waals surface area contributed by atoms with Gasteiger partial charge < -0.3 is 9.64 Å². The molecule has 0 heterocycles. The Hall–Kier alpha value is -3.35. The Morgan fingerprint density at radius 3 is 2.59 bits per heavy atom. The summed E-state index contributed by atoms with van der Waals surface area (Å²) in [6.45, 7) is 3.25. The van der Waals surface area contributed by atoms with Crippen molar-refractivity contribution in [1.82, 2.24) is 4.90 Å². The van der Waals surface area contributed by atoms with Gasteiger partial charge in [0.2, 0.25) is 0 Å². The highest BCUT2D eigenvalue weighted by Gasteiger charge is 2.26. The molecule has 0 radical (unpaired) electrons. The molecular formula is C22H22ClN3O5S. The summed E-state index contributed by atoms with van der Waals surface area (Å²) < 4.78 is 32.7. The summed E-state index contributed by atoms with van der Waals surface area (Å²) in [4.78, 5) is 25.5. The first kappa shape index (κ1) is 24.9. The third-order valence-corrected chi connectivity index (χ3v) is 6.48. The standard InChI is InChI=1S/C22H22ClN3O5S/c1-3-13-26(20-11-5-4-10-19(20)23)32(29,30)18-9-6-8-17(15-18)22(28)31-16-21(27)25(2)14-7-12-24/h3-6,8-11,15H,1,7,13-14,16H2,2H3. The Bertz CT molecular complexity index is 1140. The van der Waals surface area contributed by atoms with Crippen LogP contribution >= 0.6 is 11.6 Å². The number of esters is 1. The van der Waals surface area contributed by atoms with Gasteiger partial charge in [0, 0.05) is 13.6 Å². The van der Waals surface area contributed by atoms with Crippen LogP contribution in [0, 0.1) is 11.3 Å². The highest BCUT2D eigenvalue weighted by Crippen LogP contribution is 2.30. The molecule has 0 bridgehead atoms. The summed E-state index contributed by atoms with van der Waals surface area (Å²) >= 11 is 6.19. The van der Waals surface area contributed by atoms with Crippen LogP contribution in [0.2, 0.25) is 5.02 Å². The fourth-order valence-electron chi connectivity index (χ4n) is 2.67. The van der Waals surface area contributed by atoms with Gasteiger partial charge in [0.1, 0.15) is 0 Å². The van der Waals surface area contributed by atoms with E-state index in [1.807, 2.05) is 6.07 Å². The van der Waals surface area contributed by atoms with E-state index in [0.29, 0.717) is 0 Å². The van der Waals surface area contributed by atoms with Crippen LogP contribution in [0.3, 0.4) is 0 Å². The highest BCUT2D eigenvalue weighted by molar-refractivity contribution is 7.92. The van der Waals surface area contributed by atoms with Crippen molar-refractivity contribution in [1.29, 1.82) is 5.26 Å². The molecule has 10 heteroatoms. The van der Waals surface area contributed by atoms with Gasteiger partial charge in [-0.05, 0) is 30.3 Å². The Morgan fingerprint density at radius 2 is 1.94 bits per heavy atom. The molecule has 1 amide bonds.